The zero-order valence-corrected chi connectivity index (χ0v) is 7.92. The fraction of sp³-hybridized carbons (Fsp3) is 0.600. The van der Waals surface area contributed by atoms with Crippen LogP contribution in [0, 0.1) is 0 Å². The maximum Gasteiger partial charge on any atom is 0.129 e. The second-order valence-corrected chi connectivity index (χ2v) is 2.56. The molecular weight excluding hydrogens is 152 g/mol. The van der Waals surface area contributed by atoms with E-state index in [2.05, 4.69) is 13.5 Å². The lowest BCUT2D eigenvalue weighted by atomic mass is 10.2. The number of unbranched alkanes of at least 4 members (excludes halogenated alkanes) is 1. The van der Waals surface area contributed by atoms with E-state index in [0.717, 1.165) is 12.8 Å². The molecule has 2 nitrogen and oxygen atoms in total. The summed E-state index contributed by atoms with van der Waals surface area (Å²) >= 11 is 0. The van der Waals surface area contributed by atoms with E-state index < -0.39 is 6.10 Å². The van der Waals surface area contributed by atoms with Crippen molar-refractivity contribution in [2.45, 2.75) is 32.8 Å². The Morgan fingerprint density at radius 1 is 1.58 bits per heavy atom. The summed E-state index contributed by atoms with van der Waals surface area (Å²) in [6.07, 6.45) is 5.06. The van der Waals surface area contributed by atoms with E-state index in [1.54, 1.807) is 6.08 Å². The lowest BCUT2D eigenvalue weighted by Gasteiger charge is -2.09. The Labute approximate surface area is 74.6 Å². The maximum absolute atomic E-state index is 9.36. The molecule has 0 radical (unpaired) electrons. The average Bonchev–Trinajstić information content (AvgIpc) is 2.05. The van der Waals surface area contributed by atoms with Crippen LogP contribution in [0.25, 0.3) is 0 Å². The molecule has 1 atom stereocenters. The fourth-order valence-corrected chi connectivity index (χ4v) is 0.770. The number of aliphatic hydroxyl groups excluding tert-OH is 1. The zero-order chi connectivity index (χ0) is 9.40. The van der Waals surface area contributed by atoms with E-state index in [1.807, 2.05) is 13.0 Å². The molecule has 0 aliphatic rings. The summed E-state index contributed by atoms with van der Waals surface area (Å²) in [4.78, 5) is 0. The second-order valence-electron chi connectivity index (χ2n) is 2.56. The Kier molecular flexibility index (Phi) is 6.48. The van der Waals surface area contributed by atoms with Crippen molar-refractivity contribution in [2.75, 3.05) is 6.61 Å². The first kappa shape index (κ1) is 11.2. The fourth-order valence-electron chi connectivity index (χ4n) is 0.770. The minimum Gasteiger partial charge on any atom is -0.496 e. The molecule has 70 valence electrons. The highest BCUT2D eigenvalue weighted by molar-refractivity contribution is 5.04. The Balaban J connectivity index is 3.69. The first-order valence-electron chi connectivity index (χ1n) is 4.38. The van der Waals surface area contributed by atoms with Crippen molar-refractivity contribution in [2.24, 2.45) is 0 Å². The molecule has 12 heavy (non-hydrogen) atoms. The molecule has 1 unspecified atom stereocenters. The van der Waals surface area contributed by atoms with Crippen LogP contribution in [-0.4, -0.2) is 17.8 Å². The molecule has 2 heteroatoms. The van der Waals surface area contributed by atoms with Crippen LogP contribution in [0.4, 0.5) is 0 Å². The number of aliphatic hydroxyl groups is 1. The van der Waals surface area contributed by atoms with E-state index in [1.165, 1.54) is 0 Å². The molecule has 0 heterocycles. The van der Waals surface area contributed by atoms with Gasteiger partial charge in [-0.15, -0.1) is 0 Å². The summed E-state index contributed by atoms with van der Waals surface area (Å²) in [5.74, 6) is 0.421. The predicted octanol–water partition coefficient (Wildman–Crippen LogP) is 2.25. The predicted molar refractivity (Wildman–Crippen MR) is 50.8 cm³/mol. The Morgan fingerprint density at radius 2 is 2.25 bits per heavy atom. The number of ether oxygens (including phenoxy) is 1. The smallest absolute Gasteiger partial charge is 0.129 e. The van der Waals surface area contributed by atoms with Crippen molar-refractivity contribution in [3.8, 4) is 0 Å². The van der Waals surface area contributed by atoms with Gasteiger partial charge in [-0.1, -0.05) is 32.1 Å². The SMILES string of the molecule is C=C(OCC)C(O)/C=C/CCC. The molecule has 1 N–H and O–H groups in total. The molecule has 0 aliphatic heterocycles. The second kappa shape index (κ2) is 6.92. The highest BCUT2D eigenvalue weighted by Gasteiger charge is 2.03. The van der Waals surface area contributed by atoms with Gasteiger partial charge in [0, 0.05) is 0 Å². The average molecular weight is 170 g/mol. The summed E-state index contributed by atoms with van der Waals surface area (Å²) < 4.78 is 5.04. The number of hydrogen-bond acceptors (Lipinski definition) is 2. The molecule has 0 rings (SSSR count). The number of hydrogen-bond donors (Lipinski definition) is 1. The monoisotopic (exact) mass is 170 g/mol. The van der Waals surface area contributed by atoms with Crippen molar-refractivity contribution in [3.05, 3.63) is 24.5 Å². The van der Waals surface area contributed by atoms with Crippen LogP contribution in [0.15, 0.2) is 24.5 Å². The van der Waals surface area contributed by atoms with Gasteiger partial charge in [-0.2, -0.15) is 0 Å². The topological polar surface area (TPSA) is 29.5 Å². The van der Waals surface area contributed by atoms with Crippen LogP contribution >= 0.6 is 0 Å². The van der Waals surface area contributed by atoms with Crippen molar-refractivity contribution < 1.29 is 9.84 Å². The Bertz CT molecular complexity index is 150. The summed E-state index contributed by atoms with van der Waals surface area (Å²) in [5, 5.41) is 9.36. The van der Waals surface area contributed by atoms with Gasteiger partial charge in [-0.25, -0.2) is 0 Å². The quantitative estimate of drug-likeness (QED) is 0.489. The first-order valence-corrected chi connectivity index (χ1v) is 4.38. The van der Waals surface area contributed by atoms with Crippen molar-refractivity contribution in [1.82, 2.24) is 0 Å². The molecule has 0 amide bonds. The molecule has 0 aliphatic carbocycles. The van der Waals surface area contributed by atoms with Gasteiger partial charge in [-0.05, 0) is 13.3 Å². The van der Waals surface area contributed by atoms with Crippen LogP contribution in [0.2, 0.25) is 0 Å². The third kappa shape index (κ3) is 4.97. The maximum atomic E-state index is 9.36. The van der Waals surface area contributed by atoms with E-state index in [0.29, 0.717) is 12.4 Å². The molecule has 0 bridgehead atoms. The van der Waals surface area contributed by atoms with E-state index >= 15 is 0 Å². The standard InChI is InChI=1S/C10H18O2/c1-4-6-7-8-10(11)9(3)12-5-2/h7-8,10-11H,3-6H2,1-2H3/b8-7+. The first-order chi connectivity index (χ1) is 5.72. The molecule has 0 saturated carbocycles. The summed E-state index contributed by atoms with van der Waals surface area (Å²) in [6.45, 7) is 8.11. The van der Waals surface area contributed by atoms with E-state index in [9.17, 15) is 5.11 Å². The molecule has 0 saturated heterocycles. The van der Waals surface area contributed by atoms with Crippen LogP contribution in [0.1, 0.15) is 26.7 Å². The lowest BCUT2D eigenvalue weighted by molar-refractivity contribution is 0.136. The number of rotatable bonds is 6. The molecule has 0 aromatic carbocycles. The Morgan fingerprint density at radius 3 is 2.75 bits per heavy atom. The van der Waals surface area contributed by atoms with E-state index in [-0.39, 0.29) is 0 Å². The third-order valence-electron chi connectivity index (χ3n) is 1.43. The van der Waals surface area contributed by atoms with E-state index in [4.69, 9.17) is 4.74 Å². The highest BCUT2D eigenvalue weighted by Crippen LogP contribution is 2.03. The van der Waals surface area contributed by atoms with Gasteiger partial charge >= 0.3 is 0 Å². The minimum absolute atomic E-state index is 0.421. The van der Waals surface area contributed by atoms with Gasteiger partial charge in [0.2, 0.25) is 0 Å². The minimum atomic E-state index is -0.656. The summed E-state index contributed by atoms with van der Waals surface area (Å²) in [6, 6.07) is 0. The number of allylic oxidation sites excluding steroid dienone is 1. The van der Waals surface area contributed by atoms with Gasteiger partial charge < -0.3 is 9.84 Å². The van der Waals surface area contributed by atoms with Crippen LogP contribution in [0.3, 0.4) is 0 Å². The zero-order valence-electron chi connectivity index (χ0n) is 7.92. The lowest BCUT2D eigenvalue weighted by Crippen LogP contribution is -2.08. The summed E-state index contributed by atoms with van der Waals surface area (Å²) in [7, 11) is 0. The van der Waals surface area contributed by atoms with Crippen molar-refractivity contribution in [1.29, 1.82) is 0 Å². The highest BCUT2D eigenvalue weighted by atomic mass is 16.5. The van der Waals surface area contributed by atoms with Gasteiger partial charge in [0.1, 0.15) is 11.9 Å². The van der Waals surface area contributed by atoms with Gasteiger partial charge in [0.25, 0.3) is 0 Å². The normalized spacial score (nSPS) is 13.2. The third-order valence-corrected chi connectivity index (χ3v) is 1.43. The molecule has 0 fully saturated rings. The van der Waals surface area contributed by atoms with Crippen LogP contribution < -0.4 is 0 Å². The molecule has 0 aromatic heterocycles. The van der Waals surface area contributed by atoms with Gasteiger partial charge in [0.05, 0.1) is 6.61 Å². The Hall–Kier alpha value is -0.760. The van der Waals surface area contributed by atoms with Crippen molar-refractivity contribution in [3.63, 3.8) is 0 Å². The van der Waals surface area contributed by atoms with Gasteiger partial charge in [-0.3, -0.25) is 0 Å². The molecule has 0 aromatic rings. The van der Waals surface area contributed by atoms with Gasteiger partial charge in [0.15, 0.2) is 0 Å². The largest absolute Gasteiger partial charge is 0.496 e. The van der Waals surface area contributed by atoms with Crippen LogP contribution in [0.5, 0.6) is 0 Å². The summed E-state index contributed by atoms with van der Waals surface area (Å²) in [5.41, 5.74) is 0. The molecule has 0 spiro atoms. The molecular formula is C10H18O2. The van der Waals surface area contributed by atoms with Crippen molar-refractivity contribution >= 4 is 0 Å². The van der Waals surface area contributed by atoms with Crippen LogP contribution in [-0.2, 0) is 4.74 Å².